The number of hydrogen-bond acceptors (Lipinski definition) is 4. The Morgan fingerprint density at radius 1 is 0.920 bits per heavy atom. The van der Waals surface area contributed by atoms with E-state index >= 15 is 0 Å². The molecule has 0 unspecified atom stereocenters. The van der Waals surface area contributed by atoms with E-state index in [1.807, 2.05) is 6.92 Å². The van der Waals surface area contributed by atoms with Crippen molar-refractivity contribution in [1.29, 1.82) is 0 Å². The van der Waals surface area contributed by atoms with Gasteiger partial charge in [0.05, 0.1) is 21.7 Å². The zero-order valence-electron chi connectivity index (χ0n) is 13.3. The van der Waals surface area contributed by atoms with Gasteiger partial charge < -0.3 is 9.47 Å². The highest BCUT2D eigenvalue weighted by Crippen LogP contribution is 2.31. The number of sulfonamides is 1. The monoisotopic (exact) mass is 423 g/mol. The fourth-order valence-electron chi connectivity index (χ4n) is 1.93. The van der Waals surface area contributed by atoms with Crippen LogP contribution in [0.1, 0.15) is 6.92 Å². The number of benzene rings is 2. The van der Waals surface area contributed by atoms with Crippen LogP contribution in [0.3, 0.4) is 0 Å². The summed E-state index contributed by atoms with van der Waals surface area (Å²) < 4.78 is 37.8. The molecule has 25 heavy (non-hydrogen) atoms. The Morgan fingerprint density at radius 2 is 1.48 bits per heavy atom. The highest BCUT2D eigenvalue weighted by atomic mass is 35.5. The zero-order valence-corrected chi connectivity index (χ0v) is 16.3. The lowest BCUT2D eigenvalue weighted by molar-refractivity contribution is 0.319. The fourth-order valence-corrected chi connectivity index (χ4v) is 3.94. The van der Waals surface area contributed by atoms with E-state index in [9.17, 15) is 8.42 Å². The number of rotatable bonds is 8. The van der Waals surface area contributed by atoms with Gasteiger partial charge in [-0.25, -0.2) is 13.1 Å². The third kappa shape index (κ3) is 5.66. The van der Waals surface area contributed by atoms with E-state index in [1.165, 1.54) is 12.1 Å². The van der Waals surface area contributed by atoms with Crippen molar-refractivity contribution in [3.8, 4) is 11.5 Å². The third-order valence-electron chi connectivity index (χ3n) is 3.06. The molecule has 0 bridgehead atoms. The molecule has 0 aliphatic heterocycles. The van der Waals surface area contributed by atoms with Crippen LogP contribution in [0.2, 0.25) is 15.1 Å². The van der Waals surface area contributed by atoms with Crippen molar-refractivity contribution in [3.05, 3.63) is 51.5 Å². The van der Waals surface area contributed by atoms with Crippen molar-refractivity contribution >= 4 is 44.8 Å². The third-order valence-corrected chi connectivity index (χ3v) is 5.71. The summed E-state index contributed by atoms with van der Waals surface area (Å²) in [7, 11) is -3.82. The van der Waals surface area contributed by atoms with Gasteiger partial charge in [0.25, 0.3) is 0 Å². The standard InChI is InChI=1S/C16H16Cl3NO4S/c1-2-23-11-3-5-12(6-4-11)24-8-7-20-25(21,22)16-10-14(18)13(17)9-15(16)19/h3-6,9-10,20H,2,7-8H2,1H3. The molecule has 2 rings (SSSR count). The van der Waals surface area contributed by atoms with Crippen molar-refractivity contribution in [2.75, 3.05) is 19.8 Å². The second kappa shape index (κ2) is 8.96. The van der Waals surface area contributed by atoms with Gasteiger partial charge in [-0.05, 0) is 43.3 Å². The molecule has 1 N–H and O–H groups in total. The first-order chi connectivity index (χ1) is 11.8. The molecule has 0 fully saturated rings. The van der Waals surface area contributed by atoms with Gasteiger partial charge in [0.2, 0.25) is 10.0 Å². The largest absolute Gasteiger partial charge is 0.494 e. The van der Waals surface area contributed by atoms with E-state index < -0.39 is 10.0 Å². The Bertz CT molecular complexity index is 826. The van der Waals surface area contributed by atoms with Crippen LogP contribution < -0.4 is 14.2 Å². The minimum atomic E-state index is -3.82. The van der Waals surface area contributed by atoms with E-state index in [4.69, 9.17) is 44.3 Å². The maximum Gasteiger partial charge on any atom is 0.242 e. The minimum Gasteiger partial charge on any atom is -0.494 e. The van der Waals surface area contributed by atoms with Crippen LogP contribution in [0.15, 0.2) is 41.3 Å². The molecule has 0 amide bonds. The van der Waals surface area contributed by atoms with E-state index in [0.717, 1.165) is 5.75 Å². The molecule has 0 atom stereocenters. The number of ether oxygens (including phenoxy) is 2. The lowest BCUT2D eigenvalue weighted by Crippen LogP contribution is -2.28. The van der Waals surface area contributed by atoms with Crippen molar-refractivity contribution in [1.82, 2.24) is 4.72 Å². The van der Waals surface area contributed by atoms with Crippen LogP contribution in [-0.4, -0.2) is 28.2 Å². The van der Waals surface area contributed by atoms with E-state index in [2.05, 4.69) is 4.72 Å². The van der Waals surface area contributed by atoms with Crippen molar-refractivity contribution in [3.63, 3.8) is 0 Å². The van der Waals surface area contributed by atoms with Crippen LogP contribution in [-0.2, 0) is 10.0 Å². The number of hydrogen-bond donors (Lipinski definition) is 1. The smallest absolute Gasteiger partial charge is 0.242 e. The predicted octanol–water partition coefficient (Wildman–Crippen LogP) is 4.40. The molecule has 0 saturated heterocycles. The van der Waals surface area contributed by atoms with Crippen LogP contribution in [0.25, 0.3) is 0 Å². The Hall–Kier alpha value is -1.18. The SMILES string of the molecule is CCOc1ccc(OCCNS(=O)(=O)c2cc(Cl)c(Cl)cc2Cl)cc1. The molecule has 9 heteroatoms. The Morgan fingerprint density at radius 3 is 2.08 bits per heavy atom. The quantitative estimate of drug-likeness (QED) is 0.504. The summed E-state index contributed by atoms with van der Waals surface area (Å²) in [5, 5.41) is 0.288. The first-order valence-corrected chi connectivity index (χ1v) is 9.95. The van der Waals surface area contributed by atoms with E-state index in [-0.39, 0.29) is 33.1 Å². The van der Waals surface area contributed by atoms with Gasteiger partial charge in [-0.1, -0.05) is 34.8 Å². The summed E-state index contributed by atoms with van der Waals surface area (Å²) in [6.07, 6.45) is 0. The summed E-state index contributed by atoms with van der Waals surface area (Å²) in [5.74, 6) is 1.35. The van der Waals surface area contributed by atoms with Crippen LogP contribution in [0.4, 0.5) is 0 Å². The minimum absolute atomic E-state index is 0.00525. The summed E-state index contributed by atoms with van der Waals surface area (Å²) in [4.78, 5) is -0.135. The van der Waals surface area contributed by atoms with Gasteiger partial charge in [0, 0.05) is 6.54 Å². The van der Waals surface area contributed by atoms with Crippen molar-refractivity contribution < 1.29 is 17.9 Å². The lowest BCUT2D eigenvalue weighted by Gasteiger charge is -2.11. The molecule has 2 aromatic carbocycles. The average Bonchev–Trinajstić information content (AvgIpc) is 2.56. The molecule has 0 aliphatic carbocycles. The highest BCUT2D eigenvalue weighted by molar-refractivity contribution is 7.89. The number of halogens is 3. The maximum absolute atomic E-state index is 12.3. The predicted molar refractivity (Wildman–Crippen MR) is 99.8 cm³/mol. The lowest BCUT2D eigenvalue weighted by atomic mass is 10.3. The van der Waals surface area contributed by atoms with Crippen LogP contribution in [0, 0.1) is 0 Å². The Kier molecular flexibility index (Phi) is 7.22. The molecule has 2 aromatic rings. The molecule has 136 valence electrons. The van der Waals surface area contributed by atoms with Gasteiger partial charge >= 0.3 is 0 Å². The normalized spacial score (nSPS) is 11.4. The van der Waals surface area contributed by atoms with Crippen LogP contribution >= 0.6 is 34.8 Å². The van der Waals surface area contributed by atoms with E-state index in [1.54, 1.807) is 24.3 Å². The molecule has 0 aliphatic rings. The topological polar surface area (TPSA) is 64.6 Å². The second-order valence-corrected chi connectivity index (χ2v) is 7.80. The first kappa shape index (κ1) is 20.1. The molecule has 0 heterocycles. The van der Waals surface area contributed by atoms with E-state index in [0.29, 0.717) is 12.4 Å². The average molecular weight is 425 g/mol. The van der Waals surface area contributed by atoms with Crippen LogP contribution in [0.5, 0.6) is 11.5 Å². The van der Waals surface area contributed by atoms with Gasteiger partial charge in [-0.15, -0.1) is 0 Å². The zero-order chi connectivity index (χ0) is 18.4. The molecule has 0 radical (unpaired) electrons. The Labute approximate surface area is 161 Å². The molecule has 0 saturated carbocycles. The Balaban J connectivity index is 1.91. The second-order valence-electron chi connectivity index (χ2n) is 4.85. The molecular formula is C16H16Cl3NO4S. The van der Waals surface area contributed by atoms with Gasteiger partial charge in [-0.3, -0.25) is 0 Å². The number of nitrogens with one attached hydrogen (secondary N) is 1. The fraction of sp³-hybridized carbons (Fsp3) is 0.250. The molecule has 0 spiro atoms. The van der Waals surface area contributed by atoms with Gasteiger partial charge in [-0.2, -0.15) is 0 Å². The molecular weight excluding hydrogens is 409 g/mol. The molecule has 0 aromatic heterocycles. The maximum atomic E-state index is 12.3. The van der Waals surface area contributed by atoms with Crippen molar-refractivity contribution in [2.45, 2.75) is 11.8 Å². The van der Waals surface area contributed by atoms with Crippen molar-refractivity contribution in [2.24, 2.45) is 0 Å². The van der Waals surface area contributed by atoms with Gasteiger partial charge in [0.15, 0.2) is 0 Å². The molecule has 5 nitrogen and oxygen atoms in total. The summed E-state index contributed by atoms with van der Waals surface area (Å²) in [6, 6.07) is 9.54. The summed E-state index contributed by atoms with van der Waals surface area (Å²) in [6.45, 7) is 2.69. The summed E-state index contributed by atoms with van der Waals surface area (Å²) >= 11 is 17.6. The highest BCUT2D eigenvalue weighted by Gasteiger charge is 2.19. The summed E-state index contributed by atoms with van der Waals surface area (Å²) in [5.41, 5.74) is 0. The van der Waals surface area contributed by atoms with Gasteiger partial charge in [0.1, 0.15) is 23.0 Å². The first-order valence-electron chi connectivity index (χ1n) is 7.33.